The van der Waals surface area contributed by atoms with E-state index >= 15 is 4.39 Å². The molecule has 4 amide bonds. The third-order valence-electron chi connectivity index (χ3n) is 12.3. The number of methoxy groups -OCH3 is 1. The number of nitrogens with one attached hydrogen (secondary N) is 3. The lowest BCUT2D eigenvalue weighted by Crippen LogP contribution is -2.59. The predicted octanol–water partition coefficient (Wildman–Crippen LogP) is 4.91. The van der Waals surface area contributed by atoms with Crippen molar-refractivity contribution in [3.63, 3.8) is 0 Å². The minimum Gasteiger partial charge on any atom is -0.483 e. The number of carbonyl (C=O) groups excluding carboxylic acids is 4. The number of hydrogen-bond acceptors (Lipinski definition) is 11. The Kier molecular flexibility index (Phi) is 10.6. The topological polar surface area (TPSA) is 195 Å². The van der Waals surface area contributed by atoms with Gasteiger partial charge in [0.2, 0.25) is 33.3 Å². The molecule has 7 rings (SSSR count). The zero-order chi connectivity index (χ0) is 42.9. The largest absolute Gasteiger partial charge is 0.483 e. The van der Waals surface area contributed by atoms with Crippen molar-refractivity contribution in [2.24, 2.45) is 5.92 Å². The highest BCUT2D eigenvalue weighted by atomic mass is 32.2. The standard InChI is InChI=1S/C39H48F4N6O9S/c1-21-30-28(29-24(44-21)13-14-27(46-29)56-5)23(40)18-37(57-30)19-26-31(50)47-38(33(52)48-59(54,55)36(4)15-16-36)17-22(38)11-9-7-6-8-10-12-25(32(51)49(26)20-37)45-34(53)58-35(2,3)39(41,42)43/h9,11,13-14,22-23,25-26H,6-8,10,12,15-20H2,1-5H3,(H,45,53)(H,47,50)(H,48,52)/b11-9-/t22-,23-,25+,26+,37-,38-/m1/s1. The maximum atomic E-state index is 16.7. The van der Waals surface area contributed by atoms with Gasteiger partial charge in [-0.05, 0) is 72.3 Å². The summed E-state index contributed by atoms with van der Waals surface area (Å²) in [7, 11) is -2.72. The Morgan fingerprint density at radius 2 is 1.80 bits per heavy atom. The molecule has 20 heteroatoms. The van der Waals surface area contributed by atoms with Crippen molar-refractivity contribution < 1.29 is 59.4 Å². The van der Waals surface area contributed by atoms with E-state index < -0.39 is 92.2 Å². The van der Waals surface area contributed by atoms with Gasteiger partial charge < -0.3 is 29.7 Å². The lowest BCUT2D eigenvalue weighted by Gasteiger charge is -2.38. The molecule has 0 radical (unpaired) electrons. The van der Waals surface area contributed by atoms with E-state index in [2.05, 4.69) is 25.3 Å². The van der Waals surface area contributed by atoms with Crippen LogP contribution in [0.2, 0.25) is 0 Å². The van der Waals surface area contributed by atoms with Crippen molar-refractivity contribution >= 4 is 44.9 Å². The van der Waals surface area contributed by atoms with Crippen LogP contribution in [0.5, 0.6) is 11.6 Å². The van der Waals surface area contributed by atoms with Gasteiger partial charge in [0.25, 0.3) is 5.91 Å². The fourth-order valence-electron chi connectivity index (χ4n) is 8.14. The van der Waals surface area contributed by atoms with Crippen molar-refractivity contribution in [1.82, 2.24) is 30.2 Å². The number of nitrogens with zero attached hydrogens (tertiary/aromatic N) is 3. The maximum absolute atomic E-state index is 16.7. The zero-order valence-corrected chi connectivity index (χ0v) is 34.1. The van der Waals surface area contributed by atoms with Gasteiger partial charge in [-0.25, -0.2) is 27.6 Å². The smallest absolute Gasteiger partial charge is 0.427 e. The SMILES string of the molecule is COc1ccc2nc(C)c3c(c2n1)[C@H](F)C[C@]1(C[C@H]2C(=O)N[C@]4(C(=O)NS(=O)(=O)C5(C)CC5)C[C@H]4/C=C\CCCCC[C@H](NC(=O)OC(C)(C)C(F)(F)F)C(=O)N2C1)O3. The van der Waals surface area contributed by atoms with Gasteiger partial charge in [-0.15, -0.1) is 0 Å². The molecule has 3 fully saturated rings. The second-order valence-corrected chi connectivity index (χ2v) is 19.3. The molecule has 1 saturated heterocycles. The van der Waals surface area contributed by atoms with Crippen molar-refractivity contribution in [3.8, 4) is 11.6 Å². The molecule has 2 aromatic rings. The molecule has 0 bridgehead atoms. The van der Waals surface area contributed by atoms with Crippen molar-refractivity contribution in [2.45, 2.75) is 138 Å². The molecular weight excluding hydrogens is 805 g/mol. The minimum absolute atomic E-state index is 0.0438. The zero-order valence-electron chi connectivity index (χ0n) is 33.3. The molecule has 59 heavy (non-hydrogen) atoms. The average Bonchev–Trinajstić information content (AvgIpc) is 4.04. The third kappa shape index (κ3) is 7.88. The first kappa shape index (κ1) is 42.4. The molecule has 5 aliphatic rings. The van der Waals surface area contributed by atoms with E-state index in [9.17, 15) is 40.8 Å². The summed E-state index contributed by atoms with van der Waals surface area (Å²) in [6, 6.07) is 0.227. The average molecular weight is 853 g/mol. The molecule has 3 N–H and O–H groups in total. The van der Waals surface area contributed by atoms with Crippen LogP contribution in [0.4, 0.5) is 22.4 Å². The molecule has 2 saturated carbocycles. The second kappa shape index (κ2) is 14.8. The Morgan fingerprint density at radius 3 is 2.47 bits per heavy atom. The normalized spacial score (nSPS) is 30.0. The predicted molar refractivity (Wildman–Crippen MR) is 202 cm³/mol. The van der Waals surface area contributed by atoms with E-state index in [0.29, 0.717) is 63.6 Å². The quantitative estimate of drug-likeness (QED) is 0.264. The van der Waals surface area contributed by atoms with Gasteiger partial charge in [0.1, 0.15) is 40.7 Å². The molecule has 6 atom stereocenters. The van der Waals surface area contributed by atoms with Crippen LogP contribution in [-0.4, -0.2) is 101 Å². The van der Waals surface area contributed by atoms with Crippen LogP contribution in [-0.2, 0) is 29.1 Å². The molecule has 15 nitrogen and oxygen atoms in total. The van der Waals surface area contributed by atoms with Crippen LogP contribution in [0.3, 0.4) is 0 Å². The second-order valence-electron chi connectivity index (χ2n) is 17.1. The fourth-order valence-corrected chi connectivity index (χ4v) is 9.46. The number of carbonyl (C=O) groups is 4. The summed E-state index contributed by atoms with van der Waals surface area (Å²) >= 11 is 0. The van der Waals surface area contributed by atoms with Gasteiger partial charge in [0.05, 0.1) is 35.2 Å². The van der Waals surface area contributed by atoms with Crippen LogP contribution in [0, 0.1) is 12.8 Å². The highest BCUT2D eigenvalue weighted by Crippen LogP contribution is 2.51. The van der Waals surface area contributed by atoms with Gasteiger partial charge >= 0.3 is 12.3 Å². The van der Waals surface area contributed by atoms with E-state index in [1.165, 1.54) is 14.0 Å². The summed E-state index contributed by atoms with van der Waals surface area (Å²) in [6.07, 6.45) is -2.67. The number of hydrogen-bond donors (Lipinski definition) is 3. The van der Waals surface area contributed by atoms with Gasteiger partial charge in [-0.1, -0.05) is 25.0 Å². The van der Waals surface area contributed by atoms with Gasteiger partial charge in [-0.3, -0.25) is 19.1 Å². The van der Waals surface area contributed by atoms with Crippen molar-refractivity contribution in [2.75, 3.05) is 13.7 Å². The van der Waals surface area contributed by atoms with Gasteiger partial charge in [0, 0.05) is 24.8 Å². The first-order valence-corrected chi connectivity index (χ1v) is 21.1. The lowest BCUT2D eigenvalue weighted by atomic mass is 9.86. The molecule has 2 aliphatic carbocycles. The third-order valence-corrected chi connectivity index (χ3v) is 14.5. The molecular formula is C39H48F4N6O9S. The number of rotatable bonds is 6. The van der Waals surface area contributed by atoms with Crippen LogP contribution in [0.1, 0.15) is 102 Å². The van der Waals surface area contributed by atoms with Crippen molar-refractivity contribution in [1.29, 1.82) is 0 Å². The molecule has 3 aliphatic heterocycles. The Hall–Kier alpha value is -4.75. The number of allylic oxidation sites excluding steroid dienone is 1. The number of halogens is 4. The Bertz CT molecular complexity index is 2220. The summed E-state index contributed by atoms with van der Waals surface area (Å²) < 4.78 is 102. The van der Waals surface area contributed by atoms with Crippen LogP contribution in [0.15, 0.2) is 24.3 Å². The van der Waals surface area contributed by atoms with Crippen molar-refractivity contribution in [3.05, 3.63) is 35.5 Å². The number of aromatic nitrogens is 2. The Labute approximate surface area is 338 Å². The van der Waals surface area contributed by atoms with E-state index in [1.807, 2.05) is 6.08 Å². The Balaban J connectivity index is 1.25. The molecule has 0 aromatic carbocycles. The first-order valence-electron chi connectivity index (χ1n) is 19.6. The number of amides is 4. The number of sulfonamides is 1. The Morgan fingerprint density at radius 1 is 1.07 bits per heavy atom. The minimum atomic E-state index is -4.94. The van der Waals surface area contributed by atoms with Gasteiger partial charge in [0.15, 0.2) is 0 Å². The number of pyridine rings is 2. The van der Waals surface area contributed by atoms with Crippen LogP contribution >= 0.6 is 0 Å². The number of fused-ring (bicyclic) bond motifs is 5. The van der Waals surface area contributed by atoms with E-state index in [4.69, 9.17) is 14.2 Å². The highest BCUT2D eigenvalue weighted by molar-refractivity contribution is 7.91. The molecule has 2 aromatic heterocycles. The molecule has 322 valence electrons. The van der Waals surface area contributed by atoms with Crippen LogP contribution < -0.4 is 24.8 Å². The number of ether oxygens (including phenoxy) is 3. The molecule has 5 heterocycles. The van der Waals surface area contributed by atoms with E-state index in [1.54, 1.807) is 25.1 Å². The number of aryl methyl sites for hydroxylation is 1. The lowest BCUT2D eigenvalue weighted by molar-refractivity contribution is -0.244. The summed E-state index contributed by atoms with van der Waals surface area (Å²) in [6.45, 7) is 4.02. The molecule has 1 spiro atoms. The summed E-state index contributed by atoms with van der Waals surface area (Å²) in [4.78, 5) is 66.3. The summed E-state index contributed by atoms with van der Waals surface area (Å²) in [5.41, 5.74) is -5.25. The number of alkyl carbamates (subject to hydrolysis) is 1. The first-order chi connectivity index (χ1) is 27.5. The molecule has 0 unspecified atom stereocenters. The van der Waals surface area contributed by atoms with E-state index in [0.717, 1.165) is 4.90 Å². The van der Waals surface area contributed by atoms with Crippen LogP contribution in [0.25, 0.3) is 11.0 Å². The highest BCUT2D eigenvalue weighted by Gasteiger charge is 2.64. The monoisotopic (exact) mass is 852 g/mol. The van der Waals surface area contributed by atoms with E-state index in [-0.39, 0.29) is 48.4 Å². The van der Waals surface area contributed by atoms with Gasteiger partial charge in [-0.2, -0.15) is 13.2 Å². The summed E-state index contributed by atoms with van der Waals surface area (Å²) in [5.74, 6) is -3.05. The maximum Gasteiger partial charge on any atom is 0.427 e. The summed E-state index contributed by atoms with van der Waals surface area (Å²) in [5, 5.41) is 5.03. The fraction of sp³-hybridized carbons (Fsp3) is 0.641. The number of alkyl halides is 4.